The summed E-state index contributed by atoms with van der Waals surface area (Å²) in [5.74, 6) is 0. The number of hydrogen-bond acceptors (Lipinski definition) is 3. The Morgan fingerprint density at radius 3 is 3.15 bits per heavy atom. The monoisotopic (exact) mass is 224 g/mol. The predicted molar refractivity (Wildman–Crippen MR) is 55.1 cm³/mol. The molecule has 0 saturated carbocycles. The van der Waals surface area contributed by atoms with Crippen LogP contribution in [0.15, 0.2) is 10.6 Å². The lowest BCUT2D eigenvalue weighted by Crippen LogP contribution is -2.33. The highest BCUT2D eigenvalue weighted by molar-refractivity contribution is 6.36. The van der Waals surface area contributed by atoms with Crippen LogP contribution in [0.3, 0.4) is 0 Å². The van der Waals surface area contributed by atoms with Crippen LogP contribution in [0.4, 0.5) is 0 Å². The van der Waals surface area contributed by atoms with Crippen LogP contribution in [0.25, 0.3) is 0 Å². The van der Waals surface area contributed by atoms with Crippen molar-refractivity contribution in [1.82, 2.24) is 10.2 Å². The van der Waals surface area contributed by atoms with Crippen LogP contribution in [0.2, 0.25) is 0 Å². The summed E-state index contributed by atoms with van der Waals surface area (Å²) in [4.78, 5) is 2.08. The first-order chi connectivity index (χ1) is 6.22. The van der Waals surface area contributed by atoms with Crippen molar-refractivity contribution < 1.29 is 5.11 Å². The average Bonchev–Trinajstić information content (AvgIpc) is 2.30. The van der Waals surface area contributed by atoms with Gasteiger partial charge in [-0.25, -0.2) is 0 Å². The first-order valence-electron chi connectivity index (χ1n) is 4.28. The van der Waals surface area contributed by atoms with Crippen molar-refractivity contribution in [3.63, 3.8) is 0 Å². The zero-order valence-corrected chi connectivity index (χ0v) is 8.85. The third-order valence-electron chi connectivity index (χ3n) is 1.95. The minimum atomic E-state index is -0.317. The van der Waals surface area contributed by atoms with E-state index < -0.39 is 0 Å². The quantitative estimate of drug-likeness (QED) is 0.721. The molecule has 0 aliphatic carbocycles. The zero-order chi connectivity index (χ0) is 9.68. The fourth-order valence-corrected chi connectivity index (χ4v) is 1.59. The maximum Gasteiger partial charge on any atom is 0.0791 e. The summed E-state index contributed by atoms with van der Waals surface area (Å²) < 4.78 is 0. The maximum absolute atomic E-state index is 9.45. The van der Waals surface area contributed by atoms with E-state index in [1.54, 1.807) is 0 Å². The number of β-amino-alcohol motifs (C(OH)–C–C–N with tert-alkyl or cyclic N) is 1. The van der Waals surface area contributed by atoms with Crippen LogP contribution >= 0.6 is 23.2 Å². The predicted octanol–water partition coefficient (Wildman–Crippen LogP) is 0.571. The number of nitrogens with zero attached hydrogens (tertiary/aromatic N) is 1. The molecule has 5 heteroatoms. The van der Waals surface area contributed by atoms with E-state index in [9.17, 15) is 5.11 Å². The molecule has 0 aromatic heterocycles. The first kappa shape index (κ1) is 11.3. The average molecular weight is 225 g/mol. The molecule has 1 saturated heterocycles. The number of hydrogen-bond donors (Lipinski definition) is 2. The molecule has 2 N–H and O–H groups in total. The standard InChI is InChI=1S/C8H14Cl2N2O/c9-3-7(10)5-12-2-1-11-4-8(13)6-12/h3,8,11,13H,1-2,4-6H2/b7-3-. The van der Waals surface area contributed by atoms with Gasteiger partial charge in [-0.2, -0.15) is 0 Å². The molecule has 1 rings (SSSR count). The number of aliphatic hydroxyl groups is 1. The second kappa shape index (κ2) is 5.83. The Bertz CT molecular complexity index is 187. The summed E-state index contributed by atoms with van der Waals surface area (Å²) in [6.07, 6.45) is -0.317. The van der Waals surface area contributed by atoms with Gasteiger partial charge in [0.2, 0.25) is 0 Å². The molecule has 3 nitrogen and oxygen atoms in total. The molecule has 1 aliphatic heterocycles. The number of nitrogens with one attached hydrogen (secondary N) is 1. The van der Waals surface area contributed by atoms with E-state index >= 15 is 0 Å². The van der Waals surface area contributed by atoms with E-state index in [4.69, 9.17) is 23.2 Å². The second-order valence-corrected chi connectivity index (χ2v) is 3.85. The Hall–Kier alpha value is 0.200. The summed E-state index contributed by atoms with van der Waals surface area (Å²) >= 11 is 11.2. The number of rotatable bonds is 2. The molecule has 1 unspecified atom stereocenters. The Labute approximate surface area is 88.3 Å². The highest BCUT2D eigenvalue weighted by atomic mass is 35.5. The van der Waals surface area contributed by atoms with Crippen molar-refractivity contribution in [2.45, 2.75) is 6.10 Å². The largest absolute Gasteiger partial charge is 0.390 e. The fourth-order valence-electron chi connectivity index (χ4n) is 1.35. The highest BCUT2D eigenvalue weighted by Crippen LogP contribution is 2.07. The van der Waals surface area contributed by atoms with Gasteiger partial charge in [-0.15, -0.1) is 0 Å². The summed E-state index contributed by atoms with van der Waals surface area (Å²) in [7, 11) is 0. The van der Waals surface area contributed by atoms with Gasteiger partial charge in [0.05, 0.1) is 6.10 Å². The minimum absolute atomic E-state index is 0.317. The van der Waals surface area contributed by atoms with E-state index in [0.29, 0.717) is 24.7 Å². The molecule has 0 radical (unpaired) electrons. The van der Waals surface area contributed by atoms with E-state index in [0.717, 1.165) is 13.1 Å². The molecule has 1 fully saturated rings. The van der Waals surface area contributed by atoms with E-state index in [-0.39, 0.29) is 6.10 Å². The SMILES string of the molecule is OC1CNCCN(C/C(Cl)=C/Cl)C1. The molecule has 1 atom stereocenters. The van der Waals surface area contributed by atoms with Gasteiger partial charge in [-0.05, 0) is 0 Å². The topological polar surface area (TPSA) is 35.5 Å². The normalized spacial score (nSPS) is 27.3. The van der Waals surface area contributed by atoms with Crippen molar-refractivity contribution in [1.29, 1.82) is 0 Å². The van der Waals surface area contributed by atoms with Crippen LogP contribution in [-0.2, 0) is 0 Å². The first-order valence-corrected chi connectivity index (χ1v) is 5.09. The third-order valence-corrected chi connectivity index (χ3v) is 2.55. The van der Waals surface area contributed by atoms with Crippen molar-refractivity contribution in [2.75, 3.05) is 32.7 Å². The number of halogens is 2. The Balaban J connectivity index is 2.39. The lowest BCUT2D eigenvalue weighted by atomic mass is 10.3. The lowest BCUT2D eigenvalue weighted by molar-refractivity contribution is 0.136. The van der Waals surface area contributed by atoms with Gasteiger partial charge < -0.3 is 10.4 Å². The summed E-state index contributed by atoms with van der Waals surface area (Å²) in [6, 6.07) is 0. The molecule has 0 amide bonds. The molecule has 0 aromatic carbocycles. The summed E-state index contributed by atoms with van der Waals surface area (Å²) in [5.41, 5.74) is 1.37. The number of aliphatic hydroxyl groups excluding tert-OH is 1. The molecule has 1 heterocycles. The Morgan fingerprint density at radius 1 is 1.69 bits per heavy atom. The Morgan fingerprint density at radius 2 is 2.46 bits per heavy atom. The molecule has 0 spiro atoms. The fraction of sp³-hybridized carbons (Fsp3) is 0.750. The van der Waals surface area contributed by atoms with Crippen LogP contribution in [0.5, 0.6) is 0 Å². The Kier molecular flexibility index (Phi) is 5.06. The molecular formula is C8H14Cl2N2O. The summed E-state index contributed by atoms with van der Waals surface area (Å²) in [5, 5.41) is 13.2. The van der Waals surface area contributed by atoms with Gasteiger partial charge in [0.15, 0.2) is 0 Å². The molecule has 76 valence electrons. The summed E-state index contributed by atoms with van der Waals surface area (Å²) in [6.45, 7) is 3.68. The maximum atomic E-state index is 9.45. The van der Waals surface area contributed by atoms with Crippen LogP contribution < -0.4 is 5.32 Å². The van der Waals surface area contributed by atoms with Crippen molar-refractivity contribution in [2.24, 2.45) is 0 Å². The van der Waals surface area contributed by atoms with E-state index in [1.807, 2.05) is 0 Å². The van der Waals surface area contributed by atoms with Gasteiger partial charge in [-0.1, -0.05) is 23.2 Å². The van der Waals surface area contributed by atoms with Gasteiger partial charge in [0.25, 0.3) is 0 Å². The van der Waals surface area contributed by atoms with Gasteiger partial charge in [-0.3, -0.25) is 4.90 Å². The smallest absolute Gasteiger partial charge is 0.0791 e. The second-order valence-electron chi connectivity index (χ2n) is 3.15. The van der Waals surface area contributed by atoms with E-state index in [2.05, 4.69) is 10.2 Å². The van der Waals surface area contributed by atoms with Crippen LogP contribution in [0, 0.1) is 0 Å². The van der Waals surface area contributed by atoms with Crippen molar-refractivity contribution >= 4 is 23.2 Å². The minimum Gasteiger partial charge on any atom is -0.390 e. The van der Waals surface area contributed by atoms with Crippen LogP contribution in [-0.4, -0.2) is 48.8 Å². The van der Waals surface area contributed by atoms with Crippen LogP contribution in [0.1, 0.15) is 0 Å². The lowest BCUT2D eigenvalue weighted by Gasteiger charge is -2.20. The third kappa shape index (κ3) is 4.29. The molecule has 0 bridgehead atoms. The van der Waals surface area contributed by atoms with Gasteiger partial charge >= 0.3 is 0 Å². The van der Waals surface area contributed by atoms with Gasteiger partial charge in [0, 0.05) is 43.3 Å². The molecule has 0 aromatic rings. The van der Waals surface area contributed by atoms with Crippen molar-refractivity contribution in [3.05, 3.63) is 10.6 Å². The molecule has 1 aliphatic rings. The highest BCUT2D eigenvalue weighted by Gasteiger charge is 2.15. The molecular weight excluding hydrogens is 211 g/mol. The zero-order valence-electron chi connectivity index (χ0n) is 7.34. The van der Waals surface area contributed by atoms with Crippen molar-refractivity contribution in [3.8, 4) is 0 Å². The van der Waals surface area contributed by atoms with Gasteiger partial charge in [0.1, 0.15) is 0 Å². The molecule has 13 heavy (non-hydrogen) atoms. The van der Waals surface area contributed by atoms with E-state index in [1.165, 1.54) is 5.54 Å².